The van der Waals surface area contributed by atoms with E-state index in [1.807, 2.05) is 4.72 Å². The first-order valence-electron chi connectivity index (χ1n) is 5.79. The van der Waals surface area contributed by atoms with Crippen molar-refractivity contribution in [1.82, 2.24) is 4.72 Å². The lowest BCUT2D eigenvalue weighted by Crippen LogP contribution is -2.40. The molecule has 0 aliphatic carbocycles. The zero-order valence-corrected chi connectivity index (χ0v) is 11.5. The number of nitrogens with one attached hydrogen (secondary N) is 1. The summed E-state index contributed by atoms with van der Waals surface area (Å²) in [4.78, 5) is 10.4. The molecule has 0 aliphatic heterocycles. The standard InChI is InChI=1S/C12H16FNO4S/c1-3-4-10(12(15)16)14-19(17,18)11-6-5-8(2)7-9(11)13/h5-7,10,14H,3-4H2,1-2H3,(H,15,16). The summed E-state index contributed by atoms with van der Waals surface area (Å²) < 4.78 is 39.5. The van der Waals surface area contributed by atoms with Gasteiger partial charge in [-0.3, -0.25) is 4.79 Å². The minimum Gasteiger partial charge on any atom is -0.480 e. The Bertz CT molecular complexity index is 571. The van der Waals surface area contributed by atoms with Crippen LogP contribution in [0.5, 0.6) is 0 Å². The maximum atomic E-state index is 13.6. The minimum atomic E-state index is -4.18. The molecule has 1 atom stereocenters. The molecule has 0 amide bonds. The molecule has 0 saturated heterocycles. The van der Waals surface area contributed by atoms with E-state index in [1.54, 1.807) is 13.8 Å². The fourth-order valence-electron chi connectivity index (χ4n) is 1.60. The summed E-state index contributed by atoms with van der Waals surface area (Å²) in [5.74, 6) is -2.17. The quantitative estimate of drug-likeness (QED) is 0.834. The molecule has 7 heteroatoms. The van der Waals surface area contributed by atoms with Crippen LogP contribution in [0, 0.1) is 12.7 Å². The molecule has 2 N–H and O–H groups in total. The molecule has 0 aromatic heterocycles. The molecule has 0 bridgehead atoms. The van der Waals surface area contributed by atoms with Crippen LogP contribution in [-0.2, 0) is 14.8 Å². The lowest BCUT2D eigenvalue weighted by atomic mass is 10.2. The highest BCUT2D eigenvalue weighted by molar-refractivity contribution is 7.89. The Kier molecular flexibility index (Phi) is 5.02. The molecule has 5 nitrogen and oxygen atoms in total. The third-order valence-electron chi connectivity index (χ3n) is 2.55. The van der Waals surface area contributed by atoms with Gasteiger partial charge in [-0.25, -0.2) is 12.8 Å². The SMILES string of the molecule is CCCC(NS(=O)(=O)c1ccc(C)cc1F)C(=O)O. The number of benzene rings is 1. The Morgan fingerprint density at radius 1 is 1.47 bits per heavy atom. The molecule has 0 radical (unpaired) electrons. The fourth-order valence-corrected chi connectivity index (χ4v) is 2.88. The third-order valence-corrected chi connectivity index (χ3v) is 4.05. The lowest BCUT2D eigenvalue weighted by molar-refractivity contribution is -0.139. The molecule has 19 heavy (non-hydrogen) atoms. The van der Waals surface area contributed by atoms with Gasteiger partial charge in [-0.2, -0.15) is 4.72 Å². The number of hydrogen-bond acceptors (Lipinski definition) is 3. The Labute approximate surface area is 111 Å². The molecule has 1 rings (SSSR count). The van der Waals surface area contributed by atoms with Crippen LogP contribution >= 0.6 is 0 Å². The van der Waals surface area contributed by atoms with Crippen LogP contribution in [0.2, 0.25) is 0 Å². The molecule has 0 fully saturated rings. The van der Waals surface area contributed by atoms with E-state index in [0.717, 1.165) is 12.1 Å². The number of aliphatic carboxylic acids is 1. The van der Waals surface area contributed by atoms with Gasteiger partial charge in [-0.15, -0.1) is 0 Å². The number of aryl methyl sites for hydroxylation is 1. The first kappa shape index (κ1) is 15.6. The van der Waals surface area contributed by atoms with Crippen LogP contribution in [0.15, 0.2) is 23.1 Å². The fraction of sp³-hybridized carbons (Fsp3) is 0.417. The number of carbonyl (C=O) groups is 1. The summed E-state index contributed by atoms with van der Waals surface area (Å²) in [5, 5.41) is 8.91. The maximum Gasteiger partial charge on any atom is 0.321 e. The van der Waals surface area contributed by atoms with Gasteiger partial charge < -0.3 is 5.11 Å². The highest BCUT2D eigenvalue weighted by Gasteiger charge is 2.26. The van der Waals surface area contributed by atoms with Gasteiger partial charge in [0.2, 0.25) is 10.0 Å². The summed E-state index contributed by atoms with van der Waals surface area (Å²) in [6.45, 7) is 3.36. The van der Waals surface area contributed by atoms with Crippen molar-refractivity contribution in [3.63, 3.8) is 0 Å². The number of hydrogen-bond donors (Lipinski definition) is 2. The molecular formula is C12H16FNO4S. The Morgan fingerprint density at radius 3 is 2.58 bits per heavy atom. The predicted octanol–water partition coefficient (Wildman–Crippen LogP) is 1.67. The first-order chi connectivity index (χ1) is 8.77. The van der Waals surface area contributed by atoms with Gasteiger partial charge in [0, 0.05) is 0 Å². The molecule has 1 unspecified atom stereocenters. The molecule has 106 valence electrons. The molecule has 0 heterocycles. The Hall–Kier alpha value is -1.47. The Balaban J connectivity index is 3.06. The van der Waals surface area contributed by atoms with Crippen LogP contribution in [0.3, 0.4) is 0 Å². The van der Waals surface area contributed by atoms with Crippen LogP contribution < -0.4 is 4.72 Å². The zero-order chi connectivity index (χ0) is 14.6. The lowest BCUT2D eigenvalue weighted by Gasteiger charge is -2.14. The van der Waals surface area contributed by atoms with Crippen molar-refractivity contribution in [2.75, 3.05) is 0 Å². The number of halogens is 1. The first-order valence-corrected chi connectivity index (χ1v) is 7.27. The summed E-state index contributed by atoms with van der Waals surface area (Å²) in [6.07, 6.45) is 0.637. The van der Waals surface area contributed by atoms with E-state index in [9.17, 15) is 17.6 Å². The van der Waals surface area contributed by atoms with Crippen LogP contribution in [-0.4, -0.2) is 25.5 Å². The van der Waals surface area contributed by atoms with Gasteiger partial charge in [-0.1, -0.05) is 19.4 Å². The van der Waals surface area contributed by atoms with E-state index in [0.29, 0.717) is 12.0 Å². The smallest absolute Gasteiger partial charge is 0.321 e. The second-order valence-corrected chi connectivity index (χ2v) is 5.92. The van der Waals surface area contributed by atoms with Gasteiger partial charge in [0.05, 0.1) is 0 Å². The van der Waals surface area contributed by atoms with Crippen molar-refractivity contribution in [3.8, 4) is 0 Å². The molecular weight excluding hydrogens is 273 g/mol. The topological polar surface area (TPSA) is 83.5 Å². The highest BCUT2D eigenvalue weighted by Crippen LogP contribution is 2.16. The molecule has 0 saturated carbocycles. The van der Waals surface area contributed by atoms with E-state index in [4.69, 9.17) is 5.11 Å². The average molecular weight is 289 g/mol. The van der Waals surface area contributed by atoms with E-state index >= 15 is 0 Å². The van der Waals surface area contributed by atoms with Gasteiger partial charge in [0.15, 0.2) is 0 Å². The Morgan fingerprint density at radius 2 is 2.11 bits per heavy atom. The molecule has 0 aliphatic rings. The van der Waals surface area contributed by atoms with Crippen molar-refractivity contribution in [2.24, 2.45) is 0 Å². The second-order valence-electron chi connectivity index (χ2n) is 4.23. The van der Waals surface area contributed by atoms with Gasteiger partial charge in [-0.05, 0) is 31.0 Å². The number of carboxylic acid groups (broad SMARTS) is 1. The minimum absolute atomic E-state index is 0.141. The van der Waals surface area contributed by atoms with Crippen molar-refractivity contribution in [2.45, 2.75) is 37.6 Å². The number of sulfonamides is 1. The van der Waals surface area contributed by atoms with E-state index in [1.165, 1.54) is 6.07 Å². The summed E-state index contributed by atoms with van der Waals surface area (Å²) in [5.41, 5.74) is 0.583. The monoisotopic (exact) mass is 289 g/mol. The molecule has 0 spiro atoms. The highest BCUT2D eigenvalue weighted by atomic mass is 32.2. The normalized spacial score (nSPS) is 13.2. The molecule has 1 aromatic carbocycles. The number of carboxylic acids is 1. The third kappa shape index (κ3) is 4.00. The van der Waals surface area contributed by atoms with Crippen LogP contribution in [0.25, 0.3) is 0 Å². The van der Waals surface area contributed by atoms with Crippen molar-refractivity contribution >= 4 is 16.0 Å². The van der Waals surface area contributed by atoms with Crippen LogP contribution in [0.4, 0.5) is 4.39 Å². The zero-order valence-electron chi connectivity index (χ0n) is 10.7. The average Bonchev–Trinajstić information content (AvgIpc) is 2.27. The summed E-state index contributed by atoms with van der Waals surface area (Å²) >= 11 is 0. The number of rotatable bonds is 6. The van der Waals surface area contributed by atoms with Crippen molar-refractivity contribution < 1.29 is 22.7 Å². The maximum absolute atomic E-state index is 13.6. The van der Waals surface area contributed by atoms with Gasteiger partial charge in [0.25, 0.3) is 0 Å². The largest absolute Gasteiger partial charge is 0.480 e. The van der Waals surface area contributed by atoms with E-state index in [-0.39, 0.29) is 6.42 Å². The van der Waals surface area contributed by atoms with Gasteiger partial charge >= 0.3 is 5.97 Å². The van der Waals surface area contributed by atoms with Gasteiger partial charge in [0.1, 0.15) is 16.8 Å². The molecule has 1 aromatic rings. The van der Waals surface area contributed by atoms with Crippen molar-refractivity contribution in [3.05, 3.63) is 29.6 Å². The van der Waals surface area contributed by atoms with Crippen molar-refractivity contribution in [1.29, 1.82) is 0 Å². The van der Waals surface area contributed by atoms with Crippen LogP contribution in [0.1, 0.15) is 25.3 Å². The van der Waals surface area contributed by atoms with E-state index < -0.39 is 32.7 Å². The second kappa shape index (κ2) is 6.12. The predicted molar refractivity (Wildman–Crippen MR) is 67.8 cm³/mol. The van der Waals surface area contributed by atoms with E-state index in [2.05, 4.69) is 0 Å². The summed E-state index contributed by atoms with van der Waals surface area (Å²) in [7, 11) is -4.18. The summed E-state index contributed by atoms with van der Waals surface area (Å²) in [6, 6.07) is 2.41.